The van der Waals surface area contributed by atoms with Crippen LogP contribution in [0.3, 0.4) is 0 Å². The van der Waals surface area contributed by atoms with Gasteiger partial charge in [0.15, 0.2) is 6.61 Å². The van der Waals surface area contributed by atoms with E-state index in [4.69, 9.17) is 5.73 Å². The van der Waals surface area contributed by atoms with Gasteiger partial charge < -0.3 is 15.8 Å². The number of benzene rings is 1. The van der Waals surface area contributed by atoms with Crippen molar-refractivity contribution in [2.75, 3.05) is 11.9 Å². The summed E-state index contributed by atoms with van der Waals surface area (Å²) >= 11 is 0. The highest BCUT2D eigenvalue weighted by atomic mass is 19.4. The molecule has 8 heteroatoms. The molecule has 0 aliphatic heterocycles. The van der Waals surface area contributed by atoms with Gasteiger partial charge in [0.2, 0.25) is 12.3 Å². The van der Waals surface area contributed by atoms with Crippen LogP contribution in [0.1, 0.15) is 10.4 Å². The van der Waals surface area contributed by atoms with Gasteiger partial charge in [0.05, 0.1) is 5.69 Å². The minimum atomic E-state index is -4.50. The van der Waals surface area contributed by atoms with Gasteiger partial charge in [0.25, 0.3) is 0 Å². The lowest BCUT2D eigenvalue weighted by Crippen LogP contribution is -2.20. The molecule has 98 valence electrons. The second-order valence-corrected chi connectivity index (χ2v) is 3.24. The van der Waals surface area contributed by atoms with Crippen molar-refractivity contribution < 1.29 is 27.5 Å². The number of hydrogen-bond acceptors (Lipinski definition) is 3. The zero-order valence-electron chi connectivity index (χ0n) is 8.95. The van der Waals surface area contributed by atoms with Gasteiger partial charge in [-0.25, -0.2) is 0 Å². The predicted octanol–water partition coefficient (Wildman–Crippen LogP) is 1.29. The molecule has 0 aliphatic carbocycles. The highest BCUT2D eigenvalue weighted by Gasteiger charge is 2.28. The molecule has 0 aliphatic rings. The summed E-state index contributed by atoms with van der Waals surface area (Å²) in [7, 11) is 0. The summed E-state index contributed by atoms with van der Waals surface area (Å²) < 4.78 is 40.4. The zero-order chi connectivity index (χ0) is 13.8. The monoisotopic (exact) mass is 262 g/mol. The van der Waals surface area contributed by atoms with Gasteiger partial charge in [-0.05, 0) is 18.2 Å². The molecule has 0 atom stereocenters. The summed E-state index contributed by atoms with van der Waals surface area (Å²) in [5.74, 6) is -0.976. The maximum Gasteiger partial charge on any atom is 0.422 e. The number of rotatable bonds is 5. The molecule has 0 spiro atoms. The molecule has 0 aromatic heterocycles. The number of hydrogen-bond donors (Lipinski definition) is 2. The third-order valence-corrected chi connectivity index (χ3v) is 1.87. The maximum absolute atomic E-state index is 12.0. The van der Waals surface area contributed by atoms with Crippen LogP contribution < -0.4 is 15.8 Å². The van der Waals surface area contributed by atoms with Crippen molar-refractivity contribution in [3.05, 3.63) is 23.8 Å². The minimum Gasteiger partial charge on any atom is -0.482 e. The van der Waals surface area contributed by atoms with Crippen molar-refractivity contribution in [3.8, 4) is 5.75 Å². The third kappa shape index (κ3) is 3.96. The first-order chi connectivity index (χ1) is 8.33. The smallest absolute Gasteiger partial charge is 0.422 e. The van der Waals surface area contributed by atoms with Crippen molar-refractivity contribution in [3.63, 3.8) is 0 Å². The van der Waals surface area contributed by atoms with Gasteiger partial charge in [-0.1, -0.05) is 0 Å². The average Bonchev–Trinajstić information content (AvgIpc) is 2.26. The summed E-state index contributed by atoms with van der Waals surface area (Å²) in [5, 5.41) is 2.13. The van der Waals surface area contributed by atoms with Crippen molar-refractivity contribution >= 4 is 18.0 Å². The van der Waals surface area contributed by atoms with E-state index in [0.717, 1.165) is 12.1 Å². The molecule has 1 aromatic carbocycles. The molecule has 0 saturated heterocycles. The predicted molar refractivity (Wildman–Crippen MR) is 56.2 cm³/mol. The van der Waals surface area contributed by atoms with Crippen LogP contribution in [0.15, 0.2) is 18.2 Å². The summed E-state index contributed by atoms with van der Waals surface area (Å²) in [5.41, 5.74) is 4.97. The number of nitrogens with one attached hydrogen (secondary N) is 1. The first-order valence-corrected chi connectivity index (χ1v) is 4.67. The molecule has 0 unspecified atom stereocenters. The topological polar surface area (TPSA) is 81.4 Å². The fraction of sp³-hybridized carbons (Fsp3) is 0.200. The number of amides is 2. The van der Waals surface area contributed by atoms with Gasteiger partial charge in [-0.15, -0.1) is 0 Å². The van der Waals surface area contributed by atoms with Crippen LogP contribution in [-0.4, -0.2) is 25.1 Å². The van der Waals surface area contributed by atoms with Crippen LogP contribution in [0.25, 0.3) is 0 Å². The molecule has 2 amide bonds. The van der Waals surface area contributed by atoms with Crippen molar-refractivity contribution in [2.45, 2.75) is 6.18 Å². The SMILES string of the molecule is NC(=O)c1ccc(OCC(F)(F)F)c(NC=O)c1. The molecule has 18 heavy (non-hydrogen) atoms. The van der Waals surface area contributed by atoms with Crippen LogP contribution >= 0.6 is 0 Å². The van der Waals surface area contributed by atoms with Crippen molar-refractivity contribution in [1.82, 2.24) is 0 Å². The molecular weight excluding hydrogens is 253 g/mol. The van der Waals surface area contributed by atoms with Crippen LogP contribution in [-0.2, 0) is 4.79 Å². The third-order valence-electron chi connectivity index (χ3n) is 1.87. The van der Waals surface area contributed by atoms with Crippen LogP contribution in [0.4, 0.5) is 18.9 Å². The fourth-order valence-corrected chi connectivity index (χ4v) is 1.14. The standard InChI is InChI=1S/C10H9F3N2O3/c11-10(12,13)4-18-8-2-1-6(9(14)17)3-7(8)15-5-16/h1-3,5H,4H2,(H2,14,17)(H,15,16). The van der Waals surface area contributed by atoms with E-state index in [1.807, 2.05) is 0 Å². The fourth-order valence-electron chi connectivity index (χ4n) is 1.14. The molecule has 0 radical (unpaired) electrons. The Kier molecular flexibility index (Phi) is 4.13. The zero-order valence-corrected chi connectivity index (χ0v) is 8.95. The number of carbonyl (C=O) groups excluding carboxylic acids is 2. The lowest BCUT2D eigenvalue weighted by Gasteiger charge is -2.13. The summed E-state index contributed by atoms with van der Waals surface area (Å²) in [6.07, 6.45) is -4.25. The van der Waals surface area contributed by atoms with E-state index in [1.165, 1.54) is 6.07 Å². The van der Waals surface area contributed by atoms with Crippen LogP contribution in [0, 0.1) is 0 Å². The van der Waals surface area contributed by atoms with E-state index in [-0.39, 0.29) is 23.4 Å². The first kappa shape index (κ1) is 13.8. The average molecular weight is 262 g/mol. The second kappa shape index (κ2) is 5.39. The Hall–Kier alpha value is -2.25. The Bertz CT molecular complexity index is 460. The van der Waals surface area contributed by atoms with E-state index >= 15 is 0 Å². The lowest BCUT2D eigenvalue weighted by molar-refractivity contribution is -0.153. The van der Waals surface area contributed by atoms with E-state index < -0.39 is 18.7 Å². The molecule has 0 bridgehead atoms. The molecule has 5 nitrogen and oxygen atoms in total. The highest BCUT2D eigenvalue weighted by Crippen LogP contribution is 2.27. The number of halogens is 3. The number of alkyl halides is 3. The Morgan fingerprint density at radius 3 is 2.61 bits per heavy atom. The molecular formula is C10H9F3N2O3. The van der Waals surface area contributed by atoms with Gasteiger partial charge in [0.1, 0.15) is 5.75 Å². The Balaban J connectivity index is 2.96. The number of ether oxygens (including phenoxy) is 1. The van der Waals surface area contributed by atoms with Gasteiger partial charge in [0, 0.05) is 5.56 Å². The Morgan fingerprint density at radius 1 is 1.44 bits per heavy atom. The first-order valence-electron chi connectivity index (χ1n) is 4.67. The number of carbonyl (C=O) groups is 2. The molecule has 1 rings (SSSR count). The van der Waals surface area contributed by atoms with Crippen molar-refractivity contribution in [2.24, 2.45) is 5.73 Å². The van der Waals surface area contributed by atoms with E-state index in [2.05, 4.69) is 10.1 Å². The largest absolute Gasteiger partial charge is 0.482 e. The minimum absolute atomic E-state index is 0.0405. The molecule has 0 heterocycles. The summed E-state index contributed by atoms with van der Waals surface area (Å²) in [6, 6.07) is 3.45. The van der Waals surface area contributed by atoms with Crippen molar-refractivity contribution in [1.29, 1.82) is 0 Å². The Morgan fingerprint density at radius 2 is 2.11 bits per heavy atom. The molecule has 0 saturated carbocycles. The molecule has 3 N–H and O–H groups in total. The quantitative estimate of drug-likeness (QED) is 0.784. The maximum atomic E-state index is 12.0. The Labute approximate surface area is 99.7 Å². The van der Waals surface area contributed by atoms with Gasteiger partial charge >= 0.3 is 6.18 Å². The molecule has 0 fully saturated rings. The highest BCUT2D eigenvalue weighted by molar-refractivity contribution is 5.95. The van der Waals surface area contributed by atoms with E-state index in [1.54, 1.807) is 0 Å². The number of nitrogens with two attached hydrogens (primary N) is 1. The number of anilines is 1. The van der Waals surface area contributed by atoms with Crippen LogP contribution in [0.5, 0.6) is 5.75 Å². The van der Waals surface area contributed by atoms with Gasteiger partial charge in [-0.3, -0.25) is 9.59 Å². The number of primary amides is 1. The summed E-state index contributed by atoms with van der Waals surface area (Å²) in [4.78, 5) is 21.2. The van der Waals surface area contributed by atoms with Gasteiger partial charge in [-0.2, -0.15) is 13.2 Å². The van der Waals surface area contributed by atoms with E-state index in [9.17, 15) is 22.8 Å². The second-order valence-electron chi connectivity index (χ2n) is 3.24. The lowest BCUT2D eigenvalue weighted by atomic mass is 10.2. The normalized spacial score (nSPS) is 10.8. The molecule has 1 aromatic rings. The van der Waals surface area contributed by atoms with Crippen LogP contribution in [0.2, 0.25) is 0 Å². The van der Waals surface area contributed by atoms with E-state index in [0.29, 0.717) is 0 Å². The summed E-state index contributed by atoms with van der Waals surface area (Å²) in [6.45, 7) is -1.50.